The Hall–Kier alpha value is -2.20. The molecule has 164 valence electrons. The van der Waals surface area contributed by atoms with E-state index in [1.807, 2.05) is 0 Å². The summed E-state index contributed by atoms with van der Waals surface area (Å²) in [7, 11) is 1.54. The van der Waals surface area contributed by atoms with Crippen LogP contribution in [0.25, 0.3) is 0 Å². The Morgan fingerprint density at radius 2 is 1.86 bits per heavy atom. The molecule has 0 bridgehead atoms. The van der Waals surface area contributed by atoms with Crippen molar-refractivity contribution in [2.75, 3.05) is 26.9 Å². The zero-order valence-corrected chi connectivity index (χ0v) is 17.2. The highest BCUT2D eigenvalue weighted by molar-refractivity contribution is 5.97. The van der Waals surface area contributed by atoms with Crippen LogP contribution in [0.5, 0.6) is 0 Å². The zero-order valence-electron chi connectivity index (χ0n) is 17.2. The maximum absolute atomic E-state index is 13.1. The van der Waals surface area contributed by atoms with Gasteiger partial charge in [-0.05, 0) is 25.7 Å². The van der Waals surface area contributed by atoms with Crippen LogP contribution in [0.3, 0.4) is 0 Å². The molecule has 0 aromatic heterocycles. The minimum atomic E-state index is -1.21. The van der Waals surface area contributed by atoms with Gasteiger partial charge in [0.1, 0.15) is 12.1 Å². The summed E-state index contributed by atoms with van der Waals surface area (Å²) >= 11 is 0. The van der Waals surface area contributed by atoms with Gasteiger partial charge in [-0.25, -0.2) is 0 Å². The summed E-state index contributed by atoms with van der Waals surface area (Å²) in [4.78, 5) is 48.6. The molecule has 3 atom stereocenters. The molecule has 3 amide bonds. The van der Waals surface area contributed by atoms with E-state index in [1.54, 1.807) is 6.92 Å². The number of ether oxygens (including phenoxy) is 3. The molecule has 1 aliphatic heterocycles. The number of hydrogen-bond donors (Lipinski definition) is 3. The first kappa shape index (κ1) is 23.1. The van der Waals surface area contributed by atoms with Crippen molar-refractivity contribution in [3.8, 4) is 0 Å². The second-order valence-corrected chi connectivity index (χ2v) is 7.62. The molecule has 1 aliphatic carbocycles. The number of β-lactam (4-membered cyclic amide) rings is 1. The van der Waals surface area contributed by atoms with Gasteiger partial charge in [-0.15, -0.1) is 0 Å². The van der Waals surface area contributed by atoms with Gasteiger partial charge in [0.25, 0.3) is 5.91 Å². The number of methoxy groups -OCH3 is 1. The summed E-state index contributed by atoms with van der Waals surface area (Å²) in [5, 5.41) is 7.87. The van der Waals surface area contributed by atoms with Crippen LogP contribution in [0.2, 0.25) is 0 Å². The standard InChI is InChI=1S/C19H31N3O7/c1-12(23)29-17-15(16(25)21-17)20-18(26)19(2,13-7-5-4-6-8-13)22-14(24)11-28-10-9-27-3/h13,15,17H,4-11H2,1-3H3,(H,20,26)(H,21,25)(H,22,24)/t15-,17+,19+/m1/s1. The molecule has 1 heterocycles. The molecular formula is C19H31N3O7. The van der Waals surface area contributed by atoms with Crippen molar-refractivity contribution < 1.29 is 33.4 Å². The number of hydrogen-bond acceptors (Lipinski definition) is 7. The Morgan fingerprint density at radius 3 is 2.45 bits per heavy atom. The van der Waals surface area contributed by atoms with Gasteiger partial charge < -0.3 is 30.2 Å². The van der Waals surface area contributed by atoms with Gasteiger partial charge in [-0.2, -0.15) is 0 Å². The van der Waals surface area contributed by atoms with Gasteiger partial charge in [-0.1, -0.05) is 19.3 Å². The second kappa shape index (κ2) is 10.5. The molecule has 10 heteroatoms. The van der Waals surface area contributed by atoms with E-state index in [1.165, 1.54) is 14.0 Å². The van der Waals surface area contributed by atoms with E-state index < -0.39 is 41.5 Å². The lowest BCUT2D eigenvalue weighted by molar-refractivity contribution is -0.165. The van der Waals surface area contributed by atoms with E-state index in [0.29, 0.717) is 6.61 Å². The Bertz CT molecular complexity index is 621. The number of carbonyl (C=O) groups is 4. The Morgan fingerprint density at radius 1 is 1.17 bits per heavy atom. The summed E-state index contributed by atoms with van der Waals surface area (Å²) in [6.07, 6.45) is 3.69. The van der Waals surface area contributed by atoms with Crippen LogP contribution in [-0.4, -0.2) is 68.4 Å². The van der Waals surface area contributed by atoms with Crippen molar-refractivity contribution in [1.29, 1.82) is 0 Å². The van der Waals surface area contributed by atoms with Crippen molar-refractivity contribution in [2.45, 2.75) is 63.8 Å². The fourth-order valence-electron chi connectivity index (χ4n) is 3.72. The van der Waals surface area contributed by atoms with Gasteiger partial charge >= 0.3 is 5.97 Å². The van der Waals surface area contributed by atoms with Gasteiger partial charge in [0, 0.05) is 14.0 Å². The second-order valence-electron chi connectivity index (χ2n) is 7.62. The normalized spacial score (nSPS) is 23.9. The maximum Gasteiger partial charge on any atom is 0.304 e. The highest BCUT2D eigenvalue weighted by Gasteiger charge is 2.48. The number of carbonyl (C=O) groups excluding carboxylic acids is 4. The largest absolute Gasteiger partial charge is 0.439 e. The van der Waals surface area contributed by atoms with Crippen LogP contribution in [0.4, 0.5) is 0 Å². The molecule has 1 saturated carbocycles. The van der Waals surface area contributed by atoms with E-state index >= 15 is 0 Å². The molecule has 2 fully saturated rings. The highest BCUT2D eigenvalue weighted by atomic mass is 16.6. The SMILES string of the molecule is COCCOCC(=O)N[C@](C)(C(=O)N[C@@H]1C(=O)N[C@H]1OC(C)=O)C1CCCCC1. The van der Waals surface area contributed by atoms with Crippen LogP contribution in [0, 0.1) is 5.92 Å². The molecule has 0 spiro atoms. The summed E-state index contributed by atoms with van der Waals surface area (Å²) in [5.74, 6) is -1.98. The highest BCUT2D eigenvalue weighted by Crippen LogP contribution is 2.33. The third kappa shape index (κ3) is 6.14. The molecule has 2 aliphatic rings. The average Bonchev–Trinajstić information content (AvgIpc) is 2.69. The first-order valence-electron chi connectivity index (χ1n) is 9.94. The fourth-order valence-corrected chi connectivity index (χ4v) is 3.72. The van der Waals surface area contributed by atoms with Crippen molar-refractivity contribution in [2.24, 2.45) is 5.92 Å². The number of esters is 1. The van der Waals surface area contributed by atoms with E-state index in [2.05, 4.69) is 16.0 Å². The summed E-state index contributed by atoms with van der Waals surface area (Å²) in [6, 6.07) is -0.982. The third-order valence-electron chi connectivity index (χ3n) is 5.41. The van der Waals surface area contributed by atoms with Crippen LogP contribution in [0.15, 0.2) is 0 Å². The molecular weight excluding hydrogens is 382 g/mol. The van der Waals surface area contributed by atoms with E-state index in [9.17, 15) is 19.2 Å². The molecule has 0 aromatic carbocycles. The maximum atomic E-state index is 13.1. The number of amides is 3. The number of nitrogens with one attached hydrogen (secondary N) is 3. The lowest BCUT2D eigenvalue weighted by Crippen LogP contribution is -2.73. The molecule has 0 aromatic rings. The molecule has 10 nitrogen and oxygen atoms in total. The van der Waals surface area contributed by atoms with Crippen molar-refractivity contribution in [1.82, 2.24) is 16.0 Å². The summed E-state index contributed by atoms with van der Waals surface area (Å²) < 4.78 is 15.1. The average molecular weight is 413 g/mol. The summed E-state index contributed by atoms with van der Waals surface area (Å²) in [5.41, 5.74) is -1.21. The van der Waals surface area contributed by atoms with Crippen molar-refractivity contribution in [3.63, 3.8) is 0 Å². The minimum Gasteiger partial charge on any atom is -0.439 e. The first-order chi connectivity index (χ1) is 13.8. The van der Waals surface area contributed by atoms with Gasteiger partial charge in [0.2, 0.25) is 18.0 Å². The monoisotopic (exact) mass is 413 g/mol. The van der Waals surface area contributed by atoms with E-state index in [-0.39, 0.29) is 19.1 Å². The van der Waals surface area contributed by atoms with E-state index in [4.69, 9.17) is 14.2 Å². The predicted molar refractivity (Wildman–Crippen MR) is 101 cm³/mol. The van der Waals surface area contributed by atoms with Gasteiger partial charge in [-0.3, -0.25) is 19.2 Å². The van der Waals surface area contributed by atoms with Crippen LogP contribution in [0.1, 0.15) is 46.0 Å². The van der Waals surface area contributed by atoms with Gasteiger partial charge in [0.05, 0.1) is 13.2 Å². The predicted octanol–water partition coefficient (Wildman–Crippen LogP) is -0.392. The lowest BCUT2D eigenvalue weighted by atomic mass is 9.74. The van der Waals surface area contributed by atoms with E-state index in [0.717, 1.165) is 32.1 Å². The van der Waals surface area contributed by atoms with Gasteiger partial charge in [0.15, 0.2) is 6.04 Å². The molecule has 29 heavy (non-hydrogen) atoms. The Kier molecular flexibility index (Phi) is 8.39. The molecule has 1 saturated heterocycles. The fraction of sp³-hybridized carbons (Fsp3) is 0.789. The van der Waals surface area contributed by atoms with Crippen LogP contribution >= 0.6 is 0 Å². The molecule has 2 rings (SSSR count). The quantitative estimate of drug-likeness (QED) is 0.252. The van der Waals surface area contributed by atoms with Crippen molar-refractivity contribution in [3.05, 3.63) is 0 Å². The smallest absolute Gasteiger partial charge is 0.304 e. The zero-order chi connectivity index (χ0) is 21.4. The minimum absolute atomic E-state index is 0.0745. The summed E-state index contributed by atoms with van der Waals surface area (Å²) in [6.45, 7) is 3.32. The molecule has 0 unspecified atom stereocenters. The Balaban J connectivity index is 2.05. The lowest BCUT2D eigenvalue weighted by Gasteiger charge is -2.42. The van der Waals surface area contributed by atoms with Crippen LogP contribution < -0.4 is 16.0 Å². The van der Waals surface area contributed by atoms with Crippen LogP contribution in [-0.2, 0) is 33.4 Å². The topological polar surface area (TPSA) is 132 Å². The number of rotatable bonds is 10. The van der Waals surface area contributed by atoms with Crippen molar-refractivity contribution >= 4 is 23.7 Å². The third-order valence-corrected chi connectivity index (χ3v) is 5.41. The first-order valence-corrected chi connectivity index (χ1v) is 9.94. The molecule has 3 N–H and O–H groups in total. The Labute approximate surface area is 170 Å². The molecule has 0 radical (unpaired) electrons.